The maximum Gasteiger partial charge on any atom is 0.152 e. The molecule has 2 aromatic rings. The standard InChI is InChI=1S/C13H15NO2/c1-8(2)12-10(7-15)9-5-4-6-11(16-3)13(9)14-12/h4-8,14H,1-3H3. The van der Waals surface area contributed by atoms with Crippen LogP contribution in [0, 0.1) is 0 Å². The number of nitrogens with one attached hydrogen (secondary N) is 1. The van der Waals surface area contributed by atoms with Crippen LogP contribution in [0.5, 0.6) is 5.75 Å². The Morgan fingerprint density at radius 2 is 2.12 bits per heavy atom. The number of rotatable bonds is 3. The number of carbonyl (C=O) groups excluding carboxylic acids is 1. The highest BCUT2D eigenvalue weighted by Gasteiger charge is 2.15. The second kappa shape index (κ2) is 4.00. The molecule has 0 saturated heterocycles. The van der Waals surface area contributed by atoms with Gasteiger partial charge in [0.15, 0.2) is 6.29 Å². The molecule has 1 aromatic heterocycles. The van der Waals surface area contributed by atoms with E-state index in [0.29, 0.717) is 0 Å². The van der Waals surface area contributed by atoms with Crippen molar-refractivity contribution in [1.29, 1.82) is 0 Å². The van der Waals surface area contributed by atoms with E-state index in [1.165, 1.54) is 0 Å². The Balaban J connectivity index is 2.80. The molecule has 0 saturated carbocycles. The van der Waals surface area contributed by atoms with Gasteiger partial charge in [-0.15, -0.1) is 0 Å². The van der Waals surface area contributed by atoms with E-state index in [1.807, 2.05) is 18.2 Å². The third-order valence-electron chi connectivity index (χ3n) is 2.78. The fraction of sp³-hybridized carbons (Fsp3) is 0.308. The average Bonchev–Trinajstić information content (AvgIpc) is 2.67. The molecule has 0 unspecified atom stereocenters. The summed E-state index contributed by atoms with van der Waals surface area (Å²) in [6, 6.07) is 5.72. The van der Waals surface area contributed by atoms with Crippen molar-refractivity contribution in [1.82, 2.24) is 4.98 Å². The van der Waals surface area contributed by atoms with Crippen LogP contribution < -0.4 is 4.74 Å². The summed E-state index contributed by atoms with van der Waals surface area (Å²) in [5.41, 5.74) is 2.61. The lowest BCUT2D eigenvalue weighted by Crippen LogP contribution is -1.92. The Bertz CT molecular complexity index is 526. The Morgan fingerprint density at radius 1 is 1.38 bits per heavy atom. The summed E-state index contributed by atoms with van der Waals surface area (Å²) < 4.78 is 5.27. The summed E-state index contributed by atoms with van der Waals surface area (Å²) in [5, 5.41) is 0.929. The lowest BCUT2D eigenvalue weighted by Gasteiger charge is -2.01. The van der Waals surface area contributed by atoms with Gasteiger partial charge in [0.25, 0.3) is 0 Å². The molecule has 0 atom stereocenters. The highest BCUT2D eigenvalue weighted by atomic mass is 16.5. The number of methoxy groups -OCH3 is 1. The third-order valence-corrected chi connectivity index (χ3v) is 2.78. The minimum atomic E-state index is 0.289. The lowest BCUT2D eigenvalue weighted by atomic mass is 10.0. The highest BCUT2D eigenvalue weighted by Crippen LogP contribution is 2.31. The van der Waals surface area contributed by atoms with Crippen molar-refractivity contribution in [3.8, 4) is 5.75 Å². The van der Waals surface area contributed by atoms with Crippen LogP contribution in [0.25, 0.3) is 10.9 Å². The summed E-state index contributed by atoms with van der Waals surface area (Å²) in [6.45, 7) is 4.12. The minimum absolute atomic E-state index is 0.289. The molecule has 84 valence electrons. The van der Waals surface area contributed by atoms with Gasteiger partial charge in [-0.25, -0.2) is 0 Å². The Morgan fingerprint density at radius 3 is 2.69 bits per heavy atom. The van der Waals surface area contributed by atoms with Gasteiger partial charge in [-0.2, -0.15) is 0 Å². The molecule has 1 N–H and O–H groups in total. The summed E-state index contributed by atoms with van der Waals surface area (Å²) in [6.07, 6.45) is 0.910. The van der Waals surface area contributed by atoms with Gasteiger partial charge < -0.3 is 9.72 Å². The Kier molecular flexibility index (Phi) is 2.69. The molecule has 0 fully saturated rings. The molecule has 3 nitrogen and oxygen atoms in total. The summed E-state index contributed by atoms with van der Waals surface area (Å²) >= 11 is 0. The van der Waals surface area contributed by atoms with Gasteiger partial charge in [0.2, 0.25) is 0 Å². The topological polar surface area (TPSA) is 42.1 Å². The maximum atomic E-state index is 11.1. The molecule has 0 amide bonds. The van der Waals surface area contributed by atoms with E-state index in [-0.39, 0.29) is 5.92 Å². The van der Waals surface area contributed by atoms with Crippen LogP contribution in [0.1, 0.15) is 35.8 Å². The molecule has 3 heteroatoms. The first kappa shape index (κ1) is 10.7. The monoisotopic (exact) mass is 217 g/mol. The molecule has 0 radical (unpaired) electrons. The quantitative estimate of drug-likeness (QED) is 0.802. The van der Waals surface area contributed by atoms with Crippen LogP contribution in [0.3, 0.4) is 0 Å². The second-order valence-electron chi connectivity index (χ2n) is 4.11. The molecule has 0 aliphatic heterocycles. The van der Waals surface area contributed by atoms with Crippen LogP contribution >= 0.6 is 0 Å². The first-order valence-electron chi connectivity index (χ1n) is 5.32. The van der Waals surface area contributed by atoms with E-state index in [9.17, 15) is 4.79 Å². The lowest BCUT2D eigenvalue weighted by molar-refractivity contribution is 0.112. The van der Waals surface area contributed by atoms with Crippen LogP contribution in [0.4, 0.5) is 0 Å². The number of aldehydes is 1. The van der Waals surface area contributed by atoms with Gasteiger partial charge in [-0.3, -0.25) is 4.79 Å². The van der Waals surface area contributed by atoms with Crippen molar-refractivity contribution in [3.63, 3.8) is 0 Å². The smallest absolute Gasteiger partial charge is 0.152 e. The third kappa shape index (κ3) is 1.48. The number of H-pyrrole nitrogens is 1. The number of fused-ring (bicyclic) bond motifs is 1. The zero-order valence-corrected chi connectivity index (χ0v) is 9.70. The summed E-state index contributed by atoms with van der Waals surface area (Å²) in [4.78, 5) is 14.4. The number of benzene rings is 1. The van der Waals surface area contributed by atoms with Gasteiger partial charge in [0.1, 0.15) is 5.75 Å². The maximum absolute atomic E-state index is 11.1. The Labute approximate surface area is 94.4 Å². The fourth-order valence-corrected chi connectivity index (χ4v) is 1.98. The average molecular weight is 217 g/mol. The number of para-hydroxylation sites is 1. The minimum Gasteiger partial charge on any atom is -0.495 e. The van der Waals surface area contributed by atoms with Gasteiger partial charge in [-0.05, 0) is 12.0 Å². The van der Waals surface area contributed by atoms with Crippen LogP contribution in [0.2, 0.25) is 0 Å². The van der Waals surface area contributed by atoms with Crippen molar-refractivity contribution >= 4 is 17.2 Å². The first-order valence-corrected chi connectivity index (χ1v) is 5.32. The normalized spacial score (nSPS) is 11.0. The van der Waals surface area contributed by atoms with E-state index in [1.54, 1.807) is 7.11 Å². The van der Waals surface area contributed by atoms with Crippen molar-refractivity contribution in [2.45, 2.75) is 19.8 Å². The van der Waals surface area contributed by atoms with Crippen LogP contribution in [-0.2, 0) is 0 Å². The number of hydrogen-bond acceptors (Lipinski definition) is 2. The van der Waals surface area contributed by atoms with Crippen molar-refractivity contribution in [3.05, 3.63) is 29.5 Å². The molecule has 0 aliphatic rings. The molecule has 16 heavy (non-hydrogen) atoms. The SMILES string of the molecule is COc1cccc2c(C=O)c(C(C)C)[nH]c12. The second-order valence-corrected chi connectivity index (χ2v) is 4.11. The molecule has 1 heterocycles. The number of aromatic nitrogens is 1. The van der Waals surface area contributed by atoms with E-state index in [4.69, 9.17) is 4.74 Å². The zero-order chi connectivity index (χ0) is 11.7. The van der Waals surface area contributed by atoms with Gasteiger partial charge in [-0.1, -0.05) is 26.0 Å². The highest BCUT2D eigenvalue weighted by molar-refractivity contribution is 6.01. The molecule has 0 bridgehead atoms. The molecule has 2 rings (SSSR count). The number of ether oxygens (including phenoxy) is 1. The van der Waals surface area contributed by atoms with Crippen molar-refractivity contribution < 1.29 is 9.53 Å². The molecular weight excluding hydrogens is 202 g/mol. The van der Waals surface area contributed by atoms with Crippen LogP contribution in [-0.4, -0.2) is 18.4 Å². The number of carbonyl (C=O) groups is 1. The van der Waals surface area contributed by atoms with E-state index in [0.717, 1.165) is 34.2 Å². The van der Waals surface area contributed by atoms with Gasteiger partial charge >= 0.3 is 0 Å². The fourth-order valence-electron chi connectivity index (χ4n) is 1.98. The van der Waals surface area contributed by atoms with Gasteiger partial charge in [0.05, 0.1) is 12.6 Å². The summed E-state index contributed by atoms with van der Waals surface area (Å²) in [5.74, 6) is 1.06. The van der Waals surface area contributed by atoms with E-state index < -0.39 is 0 Å². The number of hydrogen-bond donors (Lipinski definition) is 1. The molecule has 1 aromatic carbocycles. The van der Waals surface area contributed by atoms with Crippen LogP contribution in [0.15, 0.2) is 18.2 Å². The predicted molar refractivity (Wildman–Crippen MR) is 64.3 cm³/mol. The van der Waals surface area contributed by atoms with E-state index in [2.05, 4.69) is 18.8 Å². The van der Waals surface area contributed by atoms with Gasteiger partial charge in [0, 0.05) is 16.6 Å². The molecule has 0 spiro atoms. The number of aromatic amines is 1. The predicted octanol–water partition coefficient (Wildman–Crippen LogP) is 3.11. The van der Waals surface area contributed by atoms with Crippen molar-refractivity contribution in [2.75, 3.05) is 7.11 Å². The van der Waals surface area contributed by atoms with Crippen molar-refractivity contribution in [2.24, 2.45) is 0 Å². The Hall–Kier alpha value is -1.77. The molecular formula is C13H15NO2. The van der Waals surface area contributed by atoms with E-state index >= 15 is 0 Å². The first-order chi connectivity index (χ1) is 7.69. The largest absolute Gasteiger partial charge is 0.495 e. The zero-order valence-electron chi connectivity index (χ0n) is 9.70. The molecule has 0 aliphatic carbocycles. The summed E-state index contributed by atoms with van der Waals surface area (Å²) in [7, 11) is 1.63.